The number of non-ortho nitro benzene ring substituents is 1. The first kappa shape index (κ1) is 28.9. The van der Waals surface area contributed by atoms with Gasteiger partial charge in [0, 0.05) is 12.1 Å². The summed E-state index contributed by atoms with van der Waals surface area (Å²) in [6, 6.07) is 34.6. The van der Waals surface area contributed by atoms with Crippen molar-refractivity contribution in [3.05, 3.63) is 160 Å². The van der Waals surface area contributed by atoms with Crippen molar-refractivity contribution in [2.45, 2.75) is 44.2 Å². The Morgan fingerprint density at radius 2 is 1.02 bits per heavy atom. The number of ether oxygens (including phenoxy) is 4. The van der Waals surface area contributed by atoms with Gasteiger partial charge in [-0.25, -0.2) is 4.79 Å². The zero-order chi connectivity index (χ0) is 29.1. The number of nitrogens with zero attached hydrogens (tertiary/aromatic N) is 1. The summed E-state index contributed by atoms with van der Waals surface area (Å²) in [6.07, 6.45) is 1.00. The van der Waals surface area contributed by atoms with E-state index in [2.05, 4.69) is 0 Å². The van der Waals surface area contributed by atoms with Crippen molar-refractivity contribution in [1.29, 1.82) is 0 Å². The van der Waals surface area contributed by atoms with Crippen molar-refractivity contribution in [2.24, 2.45) is 0 Å². The fraction of sp³-hybridized carbons (Fsp3) is 0.206. The van der Waals surface area contributed by atoms with Crippen LogP contribution >= 0.6 is 0 Å². The van der Waals surface area contributed by atoms with E-state index in [-0.39, 0.29) is 17.9 Å². The second-order valence-corrected chi connectivity index (χ2v) is 9.84. The maximum atomic E-state index is 13.1. The van der Waals surface area contributed by atoms with E-state index >= 15 is 0 Å². The molecule has 5 rings (SSSR count). The summed E-state index contributed by atoms with van der Waals surface area (Å²) >= 11 is 0. The van der Waals surface area contributed by atoms with Gasteiger partial charge in [0.2, 0.25) is 0 Å². The molecular weight excluding hydrogens is 534 g/mol. The third-order valence-corrected chi connectivity index (χ3v) is 6.87. The second kappa shape index (κ2) is 14.3. The smallest absolute Gasteiger partial charge is 0.338 e. The summed E-state index contributed by atoms with van der Waals surface area (Å²) < 4.78 is 25.1. The summed E-state index contributed by atoms with van der Waals surface area (Å²) in [5.74, 6) is -0.627. The van der Waals surface area contributed by atoms with Gasteiger partial charge in [-0.1, -0.05) is 97.1 Å². The van der Waals surface area contributed by atoms with Crippen molar-refractivity contribution >= 4 is 11.7 Å². The Balaban J connectivity index is 1.40. The monoisotopic (exact) mass is 565 g/mol. The van der Waals surface area contributed by atoms with E-state index < -0.39 is 35.3 Å². The zero-order valence-electron chi connectivity index (χ0n) is 22.9. The lowest BCUT2D eigenvalue weighted by atomic mass is 9.95. The molecule has 1 aliphatic rings. The Morgan fingerprint density at radius 1 is 0.595 bits per heavy atom. The molecule has 0 heterocycles. The van der Waals surface area contributed by atoms with Gasteiger partial charge in [-0.3, -0.25) is 10.1 Å². The number of benzene rings is 4. The van der Waals surface area contributed by atoms with Gasteiger partial charge in [0.15, 0.2) is 0 Å². The van der Waals surface area contributed by atoms with E-state index in [1.165, 1.54) is 24.3 Å². The minimum absolute atomic E-state index is 0.110. The third kappa shape index (κ3) is 7.76. The molecule has 0 N–H and O–H groups in total. The molecule has 0 saturated carbocycles. The minimum atomic E-state index is -0.797. The van der Waals surface area contributed by atoms with E-state index in [0.29, 0.717) is 13.2 Å². The lowest BCUT2D eigenvalue weighted by Gasteiger charge is -2.38. The Bertz CT molecular complexity index is 1460. The SMILES string of the molecule is O=C(O[C@@H]1C=C[C@H](OCc2ccccc2)[C@@H](OCc2ccccc2)[C@@H]1OCc1ccccc1)c1ccc([N+](=O)[O-])cc1. The van der Waals surface area contributed by atoms with Crippen LogP contribution < -0.4 is 0 Å². The molecule has 8 heteroatoms. The normalized spacial score (nSPS) is 19.7. The fourth-order valence-electron chi connectivity index (χ4n) is 4.66. The summed E-state index contributed by atoms with van der Waals surface area (Å²) in [5, 5.41) is 11.0. The van der Waals surface area contributed by atoms with Crippen LogP contribution in [0.4, 0.5) is 5.69 Å². The van der Waals surface area contributed by atoms with Gasteiger partial charge in [0.1, 0.15) is 24.4 Å². The van der Waals surface area contributed by atoms with E-state index in [0.717, 1.165) is 16.7 Å². The number of nitro benzene ring substituents is 1. The van der Waals surface area contributed by atoms with E-state index in [9.17, 15) is 14.9 Å². The molecule has 4 aromatic carbocycles. The Hall–Kier alpha value is -4.63. The molecule has 0 amide bonds. The highest BCUT2D eigenvalue weighted by Crippen LogP contribution is 2.28. The van der Waals surface area contributed by atoms with Crippen LogP contribution in [0.2, 0.25) is 0 Å². The van der Waals surface area contributed by atoms with Crippen molar-refractivity contribution in [1.82, 2.24) is 0 Å². The van der Waals surface area contributed by atoms with Crippen molar-refractivity contribution < 1.29 is 28.7 Å². The van der Waals surface area contributed by atoms with Crippen LogP contribution in [-0.4, -0.2) is 35.3 Å². The Morgan fingerprint density at radius 3 is 1.50 bits per heavy atom. The highest BCUT2D eigenvalue weighted by atomic mass is 16.6. The quantitative estimate of drug-likeness (QED) is 0.0843. The predicted molar refractivity (Wildman–Crippen MR) is 156 cm³/mol. The lowest BCUT2D eigenvalue weighted by molar-refractivity contribution is -0.384. The standard InChI is InChI=1S/C34H31NO7/c36-34(28-16-18-29(19-17-28)35(37)38)42-31-21-20-30(39-22-25-10-4-1-5-11-25)32(40-23-26-12-6-2-7-13-26)33(31)41-24-27-14-8-3-9-15-27/h1-21,30-33H,22-24H2/t30-,31+,32+,33+/m0/s1. The molecule has 0 fully saturated rings. The van der Waals surface area contributed by atoms with Crippen LogP contribution in [-0.2, 0) is 38.8 Å². The van der Waals surface area contributed by atoms with E-state index in [1.54, 1.807) is 6.08 Å². The summed E-state index contributed by atoms with van der Waals surface area (Å²) in [4.78, 5) is 23.7. The summed E-state index contributed by atoms with van der Waals surface area (Å²) in [7, 11) is 0. The molecule has 8 nitrogen and oxygen atoms in total. The maximum Gasteiger partial charge on any atom is 0.338 e. The second-order valence-electron chi connectivity index (χ2n) is 9.84. The van der Waals surface area contributed by atoms with E-state index in [1.807, 2.05) is 97.1 Å². The van der Waals surface area contributed by atoms with Crippen LogP contribution in [0.1, 0.15) is 27.0 Å². The fourth-order valence-corrected chi connectivity index (χ4v) is 4.66. The zero-order valence-corrected chi connectivity index (χ0v) is 22.9. The molecule has 0 aliphatic heterocycles. The molecule has 1 aliphatic carbocycles. The van der Waals surface area contributed by atoms with Gasteiger partial charge < -0.3 is 18.9 Å². The number of esters is 1. The van der Waals surface area contributed by atoms with Gasteiger partial charge in [-0.15, -0.1) is 0 Å². The highest BCUT2D eigenvalue weighted by molar-refractivity contribution is 5.89. The first-order valence-electron chi connectivity index (χ1n) is 13.7. The molecular formula is C34H31NO7. The van der Waals surface area contributed by atoms with Gasteiger partial charge >= 0.3 is 5.97 Å². The van der Waals surface area contributed by atoms with Crippen LogP contribution in [0.3, 0.4) is 0 Å². The topological polar surface area (TPSA) is 97.1 Å². The minimum Gasteiger partial charge on any atom is -0.452 e. The summed E-state index contributed by atoms with van der Waals surface area (Å²) in [5.41, 5.74) is 3.04. The largest absolute Gasteiger partial charge is 0.452 e. The van der Waals surface area contributed by atoms with Gasteiger partial charge in [0.05, 0.1) is 30.3 Å². The van der Waals surface area contributed by atoms with Crippen molar-refractivity contribution in [3.8, 4) is 0 Å². The molecule has 0 aromatic heterocycles. The third-order valence-electron chi connectivity index (χ3n) is 6.87. The number of carbonyl (C=O) groups is 1. The molecule has 0 unspecified atom stereocenters. The molecule has 0 saturated heterocycles. The van der Waals surface area contributed by atoms with Crippen molar-refractivity contribution in [3.63, 3.8) is 0 Å². The molecule has 0 radical (unpaired) electrons. The maximum absolute atomic E-state index is 13.1. The summed E-state index contributed by atoms with van der Waals surface area (Å²) in [6.45, 7) is 0.931. The molecule has 0 spiro atoms. The molecule has 4 atom stereocenters. The number of carbonyl (C=O) groups excluding carboxylic acids is 1. The van der Waals surface area contributed by atoms with Crippen LogP contribution in [0.15, 0.2) is 127 Å². The van der Waals surface area contributed by atoms with Gasteiger partial charge in [-0.05, 0) is 34.9 Å². The van der Waals surface area contributed by atoms with E-state index in [4.69, 9.17) is 18.9 Å². The van der Waals surface area contributed by atoms with Gasteiger partial charge in [0.25, 0.3) is 5.69 Å². The average Bonchev–Trinajstić information content (AvgIpc) is 3.04. The predicted octanol–water partition coefficient (Wildman–Crippen LogP) is 6.45. The van der Waals surface area contributed by atoms with Crippen LogP contribution in [0.5, 0.6) is 0 Å². The first-order valence-corrected chi connectivity index (χ1v) is 13.7. The molecule has 214 valence electrons. The lowest BCUT2D eigenvalue weighted by Crippen LogP contribution is -2.51. The van der Waals surface area contributed by atoms with Crippen molar-refractivity contribution in [2.75, 3.05) is 0 Å². The van der Waals surface area contributed by atoms with Gasteiger partial charge in [-0.2, -0.15) is 0 Å². The average molecular weight is 566 g/mol. The van der Waals surface area contributed by atoms with Crippen LogP contribution in [0.25, 0.3) is 0 Å². The number of nitro groups is 1. The van der Waals surface area contributed by atoms with Crippen LogP contribution in [0, 0.1) is 10.1 Å². The number of hydrogen-bond donors (Lipinski definition) is 0. The Labute approximate surface area is 244 Å². The first-order chi connectivity index (χ1) is 20.6. The molecule has 4 aromatic rings. The molecule has 0 bridgehead atoms. The highest BCUT2D eigenvalue weighted by Gasteiger charge is 2.41. The number of hydrogen-bond acceptors (Lipinski definition) is 7. The molecule has 42 heavy (non-hydrogen) atoms. The Kier molecular flexibility index (Phi) is 9.85. The number of rotatable bonds is 12.